The van der Waals surface area contributed by atoms with Gasteiger partial charge in [-0.1, -0.05) is 20.3 Å². The summed E-state index contributed by atoms with van der Waals surface area (Å²) in [6.45, 7) is 6.38. The molecule has 1 aromatic rings. The van der Waals surface area contributed by atoms with Gasteiger partial charge >= 0.3 is 0 Å². The monoisotopic (exact) mass is 178 g/mol. The normalized spacial score (nSPS) is 15.4. The second-order valence-electron chi connectivity index (χ2n) is 3.67. The third-order valence-electron chi connectivity index (χ3n) is 2.54. The quantitative estimate of drug-likeness (QED) is 0.772. The maximum Gasteiger partial charge on any atom is 0.0576 e. The molecule has 0 saturated heterocycles. The van der Waals surface area contributed by atoms with Gasteiger partial charge in [0.25, 0.3) is 0 Å². The van der Waals surface area contributed by atoms with Gasteiger partial charge in [-0.05, 0) is 30.5 Å². The Kier molecular flexibility index (Phi) is 3.43. The highest BCUT2D eigenvalue weighted by Gasteiger charge is 2.13. The molecular weight excluding hydrogens is 160 g/mol. The van der Waals surface area contributed by atoms with E-state index in [4.69, 9.17) is 5.73 Å². The minimum atomic E-state index is 0.0740. The number of aromatic nitrogens is 1. The highest BCUT2D eigenvalue weighted by Crippen LogP contribution is 2.20. The van der Waals surface area contributed by atoms with E-state index in [1.807, 2.05) is 12.3 Å². The van der Waals surface area contributed by atoms with Crippen LogP contribution in [0.4, 0.5) is 0 Å². The third kappa shape index (κ3) is 2.52. The molecule has 72 valence electrons. The Morgan fingerprint density at radius 1 is 1.54 bits per heavy atom. The van der Waals surface area contributed by atoms with Crippen LogP contribution in [0.3, 0.4) is 0 Å². The third-order valence-corrected chi connectivity index (χ3v) is 2.54. The van der Waals surface area contributed by atoms with Gasteiger partial charge in [0, 0.05) is 12.2 Å². The van der Waals surface area contributed by atoms with Gasteiger partial charge in [0.2, 0.25) is 0 Å². The zero-order valence-corrected chi connectivity index (χ0v) is 8.62. The fourth-order valence-electron chi connectivity index (χ4n) is 1.29. The molecule has 0 fully saturated rings. The molecule has 1 rings (SSSR count). The molecule has 2 N–H and O–H groups in total. The minimum Gasteiger partial charge on any atom is -0.322 e. The molecular formula is C11H18N2. The summed E-state index contributed by atoms with van der Waals surface area (Å²) >= 11 is 0. The second-order valence-corrected chi connectivity index (χ2v) is 3.67. The zero-order valence-electron chi connectivity index (χ0n) is 8.62. The molecule has 0 radical (unpaired) electrons. The van der Waals surface area contributed by atoms with Crippen LogP contribution in [0.25, 0.3) is 0 Å². The number of hydrogen-bond donors (Lipinski definition) is 1. The summed E-state index contributed by atoms with van der Waals surface area (Å²) in [7, 11) is 0. The Hall–Kier alpha value is -0.890. The van der Waals surface area contributed by atoms with Gasteiger partial charge in [0.15, 0.2) is 0 Å². The lowest BCUT2D eigenvalue weighted by Crippen LogP contribution is -2.19. The number of nitrogens with zero attached hydrogens (tertiary/aromatic N) is 1. The summed E-state index contributed by atoms with van der Waals surface area (Å²) in [6.07, 6.45) is 2.92. The van der Waals surface area contributed by atoms with Crippen molar-refractivity contribution in [2.24, 2.45) is 11.7 Å². The molecule has 2 heteroatoms. The molecule has 0 aliphatic rings. The molecule has 0 amide bonds. The Labute approximate surface area is 80.2 Å². The Bertz CT molecular complexity index is 271. The molecule has 2 unspecified atom stereocenters. The summed E-state index contributed by atoms with van der Waals surface area (Å²) in [4.78, 5) is 4.28. The number of hydrogen-bond acceptors (Lipinski definition) is 2. The van der Waals surface area contributed by atoms with Crippen LogP contribution in [0.5, 0.6) is 0 Å². The average molecular weight is 178 g/mol. The Morgan fingerprint density at radius 2 is 2.23 bits per heavy atom. The van der Waals surface area contributed by atoms with Crippen LogP contribution in [0.15, 0.2) is 18.3 Å². The first-order valence-corrected chi connectivity index (χ1v) is 4.83. The fourth-order valence-corrected chi connectivity index (χ4v) is 1.29. The number of pyridine rings is 1. The van der Waals surface area contributed by atoms with E-state index in [-0.39, 0.29) is 6.04 Å². The standard InChI is InChI=1S/C11H18N2/c1-4-9(3)11(12)10-7-8(2)5-6-13-10/h5-7,9,11H,4,12H2,1-3H3. The van der Waals surface area contributed by atoms with Crippen LogP contribution >= 0.6 is 0 Å². The van der Waals surface area contributed by atoms with E-state index < -0.39 is 0 Å². The molecule has 2 atom stereocenters. The summed E-state index contributed by atoms with van der Waals surface area (Å²) < 4.78 is 0. The first-order valence-electron chi connectivity index (χ1n) is 4.83. The molecule has 0 aliphatic heterocycles. The summed E-state index contributed by atoms with van der Waals surface area (Å²) in [5.41, 5.74) is 8.29. The Balaban J connectivity index is 2.82. The largest absolute Gasteiger partial charge is 0.322 e. The highest BCUT2D eigenvalue weighted by molar-refractivity contribution is 5.17. The van der Waals surface area contributed by atoms with E-state index in [0.717, 1.165) is 12.1 Å². The van der Waals surface area contributed by atoms with Crippen LogP contribution in [0.2, 0.25) is 0 Å². The first-order chi connectivity index (χ1) is 6.15. The molecule has 1 heterocycles. The first kappa shape index (κ1) is 10.2. The molecule has 1 aromatic heterocycles. The van der Waals surface area contributed by atoms with Gasteiger partial charge in [-0.2, -0.15) is 0 Å². The van der Waals surface area contributed by atoms with Crippen LogP contribution in [0, 0.1) is 12.8 Å². The number of rotatable bonds is 3. The van der Waals surface area contributed by atoms with Crippen molar-refractivity contribution in [3.8, 4) is 0 Å². The van der Waals surface area contributed by atoms with Gasteiger partial charge in [0.05, 0.1) is 5.69 Å². The van der Waals surface area contributed by atoms with Gasteiger partial charge in [-0.25, -0.2) is 0 Å². The Morgan fingerprint density at radius 3 is 2.77 bits per heavy atom. The minimum absolute atomic E-state index is 0.0740. The lowest BCUT2D eigenvalue weighted by molar-refractivity contribution is 0.448. The van der Waals surface area contributed by atoms with Gasteiger partial charge in [-0.15, -0.1) is 0 Å². The van der Waals surface area contributed by atoms with E-state index in [0.29, 0.717) is 5.92 Å². The lowest BCUT2D eigenvalue weighted by atomic mass is 9.96. The molecule has 0 aliphatic carbocycles. The number of aryl methyl sites for hydroxylation is 1. The average Bonchev–Trinajstić information content (AvgIpc) is 2.15. The maximum atomic E-state index is 6.06. The smallest absolute Gasteiger partial charge is 0.0576 e. The molecule has 0 bridgehead atoms. The lowest BCUT2D eigenvalue weighted by Gasteiger charge is -2.17. The van der Waals surface area contributed by atoms with Crippen LogP contribution in [-0.4, -0.2) is 4.98 Å². The predicted octanol–water partition coefficient (Wildman–Crippen LogP) is 2.44. The van der Waals surface area contributed by atoms with Crippen molar-refractivity contribution in [3.05, 3.63) is 29.6 Å². The van der Waals surface area contributed by atoms with Gasteiger partial charge in [0.1, 0.15) is 0 Å². The van der Waals surface area contributed by atoms with Crippen LogP contribution < -0.4 is 5.73 Å². The van der Waals surface area contributed by atoms with E-state index >= 15 is 0 Å². The molecule has 13 heavy (non-hydrogen) atoms. The fraction of sp³-hybridized carbons (Fsp3) is 0.545. The molecule has 0 aromatic carbocycles. The van der Waals surface area contributed by atoms with Crippen LogP contribution in [-0.2, 0) is 0 Å². The second kappa shape index (κ2) is 4.38. The van der Waals surface area contributed by atoms with Crippen molar-refractivity contribution in [2.75, 3.05) is 0 Å². The maximum absolute atomic E-state index is 6.06. The van der Waals surface area contributed by atoms with E-state index in [2.05, 4.69) is 31.8 Å². The molecule has 0 spiro atoms. The van der Waals surface area contributed by atoms with Crippen molar-refractivity contribution >= 4 is 0 Å². The summed E-state index contributed by atoms with van der Waals surface area (Å²) in [5.74, 6) is 0.495. The van der Waals surface area contributed by atoms with Crippen molar-refractivity contribution in [1.29, 1.82) is 0 Å². The highest BCUT2D eigenvalue weighted by atomic mass is 14.8. The van der Waals surface area contributed by atoms with Gasteiger partial charge in [-0.3, -0.25) is 4.98 Å². The van der Waals surface area contributed by atoms with Crippen molar-refractivity contribution in [1.82, 2.24) is 4.98 Å². The van der Waals surface area contributed by atoms with Gasteiger partial charge < -0.3 is 5.73 Å². The van der Waals surface area contributed by atoms with Crippen molar-refractivity contribution in [3.63, 3.8) is 0 Å². The van der Waals surface area contributed by atoms with E-state index in [1.54, 1.807) is 0 Å². The zero-order chi connectivity index (χ0) is 9.84. The SMILES string of the molecule is CCC(C)C(N)c1cc(C)ccn1. The molecule has 0 saturated carbocycles. The van der Waals surface area contributed by atoms with Crippen molar-refractivity contribution in [2.45, 2.75) is 33.2 Å². The summed E-state index contributed by atoms with van der Waals surface area (Å²) in [5, 5.41) is 0. The van der Waals surface area contributed by atoms with Crippen molar-refractivity contribution < 1.29 is 0 Å². The molecule has 2 nitrogen and oxygen atoms in total. The number of nitrogens with two attached hydrogens (primary N) is 1. The van der Waals surface area contributed by atoms with E-state index in [9.17, 15) is 0 Å². The van der Waals surface area contributed by atoms with E-state index in [1.165, 1.54) is 5.56 Å². The topological polar surface area (TPSA) is 38.9 Å². The predicted molar refractivity (Wildman–Crippen MR) is 55.4 cm³/mol. The van der Waals surface area contributed by atoms with Crippen LogP contribution in [0.1, 0.15) is 37.6 Å². The summed E-state index contributed by atoms with van der Waals surface area (Å²) in [6, 6.07) is 4.13.